The van der Waals surface area contributed by atoms with Crippen molar-refractivity contribution in [2.45, 2.75) is 38.5 Å². The first kappa shape index (κ1) is 20.1. The zero-order chi connectivity index (χ0) is 21.1. The highest BCUT2D eigenvalue weighted by Gasteiger charge is 2.35. The summed E-state index contributed by atoms with van der Waals surface area (Å²) in [6.45, 7) is 3.81. The molecule has 1 aromatic carbocycles. The van der Waals surface area contributed by atoms with E-state index in [9.17, 15) is 14.4 Å². The molecule has 8 heteroatoms. The molecule has 1 aromatic heterocycles. The molecular formula is C22H27N5O3. The van der Waals surface area contributed by atoms with E-state index in [1.165, 1.54) is 5.56 Å². The second kappa shape index (κ2) is 8.69. The Bertz CT molecular complexity index is 980. The molecule has 0 radical (unpaired) electrons. The van der Waals surface area contributed by atoms with E-state index in [2.05, 4.69) is 44.9 Å². The van der Waals surface area contributed by atoms with Gasteiger partial charge in [-0.15, -0.1) is 0 Å². The molecule has 2 aliphatic rings. The van der Waals surface area contributed by atoms with E-state index in [-0.39, 0.29) is 35.2 Å². The number of aromatic nitrogens is 2. The zero-order valence-electron chi connectivity index (χ0n) is 17.1. The van der Waals surface area contributed by atoms with Crippen molar-refractivity contribution in [2.24, 2.45) is 5.92 Å². The molecule has 4 rings (SSSR count). The number of piperidine rings is 1. The number of anilines is 2. The van der Waals surface area contributed by atoms with Gasteiger partial charge in [0.2, 0.25) is 17.8 Å². The molecule has 2 amide bonds. The van der Waals surface area contributed by atoms with Crippen LogP contribution in [0.4, 0.5) is 11.8 Å². The van der Waals surface area contributed by atoms with Crippen molar-refractivity contribution >= 4 is 23.6 Å². The monoisotopic (exact) mass is 409 g/mol. The van der Waals surface area contributed by atoms with Crippen LogP contribution in [0, 0.1) is 5.92 Å². The van der Waals surface area contributed by atoms with E-state index in [1.54, 1.807) is 6.92 Å². The van der Waals surface area contributed by atoms with E-state index >= 15 is 0 Å². The Balaban J connectivity index is 1.49. The van der Waals surface area contributed by atoms with Gasteiger partial charge in [0.15, 0.2) is 0 Å². The third-order valence-corrected chi connectivity index (χ3v) is 5.89. The number of carbonyl (C=O) groups is 2. The first-order valence-electron chi connectivity index (χ1n) is 10.6. The number of carbonyl (C=O) groups excluding carboxylic acids is 2. The fourth-order valence-electron chi connectivity index (χ4n) is 4.33. The molecule has 158 valence electrons. The van der Waals surface area contributed by atoms with Crippen LogP contribution >= 0.6 is 0 Å². The Morgan fingerprint density at radius 1 is 1.20 bits per heavy atom. The van der Waals surface area contributed by atoms with E-state index < -0.39 is 5.92 Å². The van der Waals surface area contributed by atoms with Crippen LogP contribution in [0.3, 0.4) is 0 Å². The second-order valence-corrected chi connectivity index (χ2v) is 7.97. The molecule has 2 aliphatic heterocycles. The number of H-pyrrole nitrogens is 1. The summed E-state index contributed by atoms with van der Waals surface area (Å²) < 4.78 is 0. The van der Waals surface area contributed by atoms with Gasteiger partial charge in [0.25, 0.3) is 5.56 Å². The second-order valence-electron chi connectivity index (χ2n) is 7.97. The summed E-state index contributed by atoms with van der Waals surface area (Å²) in [5.41, 5.74) is 1.22. The van der Waals surface area contributed by atoms with E-state index in [0.29, 0.717) is 18.4 Å². The molecule has 0 bridgehead atoms. The molecule has 2 aromatic rings. The van der Waals surface area contributed by atoms with Crippen LogP contribution in [0.5, 0.6) is 0 Å². The molecule has 8 nitrogen and oxygen atoms in total. The maximum absolute atomic E-state index is 12.8. The summed E-state index contributed by atoms with van der Waals surface area (Å²) in [6.07, 6.45) is 3.01. The summed E-state index contributed by atoms with van der Waals surface area (Å²) in [7, 11) is 0. The lowest BCUT2D eigenvalue weighted by Crippen LogP contribution is -2.41. The highest BCUT2D eigenvalue weighted by atomic mass is 16.2. The maximum atomic E-state index is 12.8. The number of amides is 2. The number of fused-ring (bicyclic) bond motifs is 1. The largest absolute Gasteiger partial charge is 0.356 e. The standard InChI is InChI=1S/C22H27N5O3/c1-2-23-20(29)16-13-17(28)24-19-18(16)21(30)26-22(25-19)27-10-8-15(9-11-27)12-14-6-4-3-5-7-14/h3-7,15-16H,2,8-13H2,1H3,(H,23,29)(H2,24,25,26,28,30)/t16-/m1/s1. The predicted molar refractivity (Wildman–Crippen MR) is 115 cm³/mol. The van der Waals surface area contributed by atoms with Crippen LogP contribution in [0.2, 0.25) is 0 Å². The normalized spacial score (nSPS) is 19.2. The summed E-state index contributed by atoms with van der Waals surface area (Å²) in [6, 6.07) is 10.5. The van der Waals surface area contributed by atoms with Gasteiger partial charge in [0, 0.05) is 26.1 Å². The van der Waals surface area contributed by atoms with E-state index in [0.717, 1.165) is 32.4 Å². The summed E-state index contributed by atoms with van der Waals surface area (Å²) in [5, 5.41) is 5.37. The van der Waals surface area contributed by atoms with Gasteiger partial charge in [-0.25, -0.2) is 0 Å². The molecule has 1 fully saturated rings. The van der Waals surface area contributed by atoms with E-state index in [1.807, 2.05) is 11.0 Å². The van der Waals surface area contributed by atoms with Crippen LogP contribution in [0.15, 0.2) is 35.1 Å². The molecule has 0 spiro atoms. The molecule has 1 atom stereocenters. The molecular weight excluding hydrogens is 382 g/mol. The summed E-state index contributed by atoms with van der Waals surface area (Å²) >= 11 is 0. The minimum absolute atomic E-state index is 0.0478. The fourth-order valence-corrected chi connectivity index (χ4v) is 4.33. The highest BCUT2D eigenvalue weighted by Crippen LogP contribution is 2.30. The molecule has 30 heavy (non-hydrogen) atoms. The molecule has 3 N–H and O–H groups in total. The number of aromatic amines is 1. The quantitative estimate of drug-likeness (QED) is 0.698. The SMILES string of the molecule is CCNC(=O)[C@@H]1CC(=O)Nc2nc(N3CCC(Cc4ccccc4)CC3)[nH]c(=O)c21. The highest BCUT2D eigenvalue weighted by molar-refractivity contribution is 6.00. The van der Waals surface area contributed by atoms with Gasteiger partial charge in [0.1, 0.15) is 5.82 Å². The van der Waals surface area contributed by atoms with Crippen LogP contribution in [-0.4, -0.2) is 41.4 Å². The number of hydrogen-bond acceptors (Lipinski definition) is 5. The van der Waals surface area contributed by atoms with Gasteiger partial charge < -0.3 is 15.5 Å². The van der Waals surface area contributed by atoms with Gasteiger partial charge >= 0.3 is 0 Å². The number of likely N-dealkylation sites (N-methyl/N-ethyl adjacent to an activating group) is 1. The molecule has 0 unspecified atom stereocenters. The number of rotatable bonds is 5. The van der Waals surface area contributed by atoms with Crippen molar-refractivity contribution in [1.82, 2.24) is 15.3 Å². The average Bonchev–Trinajstić information content (AvgIpc) is 2.74. The Morgan fingerprint density at radius 2 is 1.93 bits per heavy atom. The topological polar surface area (TPSA) is 107 Å². The number of benzene rings is 1. The average molecular weight is 409 g/mol. The molecule has 3 heterocycles. The lowest BCUT2D eigenvalue weighted by molar-refractivity contribution is -0.126. The van der Waals surface area contributed by atoms with Crippen molar-refractivity contribution in [1.29, 1.82) is 0 Å². The predicted octanol–water partition coefficient (Wildman–Crippen LogP) is 1.79. The smallest absolute Gasteiger partial charge is 0.258 e. The van der Waals surface area contributed by atoms with Crippen molar-refractivity contribution < 1.29 is 9.59 Å². The summed E-state index contributed by atoms with van der Waals surface area (Å²) in [5.74, 6) is -0.188. The van der Waals surface area contributed by atoms with Crippen molar-refractivity contribution in [3.05, 3.63) is 51.8 Å². The lowest BCUT2D eigenvalue weighted by atomic mass is 9.90. The van der Waals surface area contributed by atoms with Crippen molar-refractivity contribution in [3.63, 3.8) is 0 Å². The number of nitrogens with zero attached hydrogens (tertiary/aromatic N) is 2. The lowest BCUT2D eigenvalue weighted by Gasteiger charge is -2.33. The third-order valence-electron chi connectivity index (χ3n) is 5.89. The Kier molecular flexibility index (Phi) is 5.83. The molecule has 1 saturated heterocycles. The Labute approximate surface area is 175 Å². The van der Waals surface area contributed by atoms with Gasteiger partial charge in [-0.3, -0.25) is 19.4 Å². The maximum Gasteiger partial charge on any atom is 0.258 e. The fraction of sp³-hybridized carbons (Fsp3) is 0.455. The first-order chi connectivity index (χ1) is 14.5. The Hall–Kier alpha value is -3.16. The van der Waals surface area contributed by atoms with Crippen LogP contribution in [0.25, 0.3) is 0 Å². The number of nitrogens with one attached hydrogen (secondary N) is 3. The van der Waals surface area contributed by atoms with Crippen LogP contribution in [0.1, 0.15) is 43.2 Å². The van der Waals surface area contributed by atoms with Crippen molar-refractivity contribution in [2.75, 3.05) is 29.9 Å². The zero-order valence-corrected chi connectivity index (χ0v) is 17.1. The van der Waals surface area contributed by atoms with Gasteiger partial charge in [0.05, 0.1) is 11.5 Å². The van der Waals surface area contributed by atoms with Gasteiger partial charge in [-0.1, -0.05) is 30.3 Å². The molecule has 0 saturated carbocycles. The van der Waals surface area contributed by atoms with Gasteiger partial charge in [-0.2, -0.15) is 4.98 Å². The number of hydrogen-bond donors (Lipinski definition) is 3. The van der Waals surface area contributed by atoms with Crippen LogP contribution in [-0.2, 0) is 16.0 Å². The van der Waals surface area contributed by atoms with Crippen molar-refractivity contribution in [3.8, 4) is 0 Å². The van der Waals surface area contributed by atoms with E-state index in [4.69, 9.17) is 0 Å². The van der Waals surface area contributed by atoms with Gasteiger partial charge in [-0.05, 0) is 37.7 Å². The van der Waals surface area contributed by atoms with Crippen LogP contribution < -0.4 is 21.1 Å². The minimum atomic E-state index is -0.810. The minimum Gasteiger partial charge on any atom is -0.356 e. The Morgan fingerprint density at radius 3 is 2.63 bits per heavy atom. The first-order valence-corrected chi connectivity index (χ1v) is 10.6. The third kappa shape index (κ3) is 4.22. The summed E-state index contributed by atoms with van der Waals surface area (Å²) in [4.78, 5) is 46.7. The molecule has 0 aliphatic carbocycles.